The molecule has 0 spiro atoms. The number of rotatable bonds is 3. The minimum atomic E-state index is -0.0765. The van der Waals surface area contributed by atoms with Gasteiger partial charge in [0.25, 0.3) is 5.91 Å². The van der Waals surface area contributed by atoms with Crippen LogP contribution >= 0.6 is 11.8 Å². The maximum Gasteiger partial charge on any atom is 0.255 e. The SMILES string of the molecule is CSc1ccc(NC(=O)c2ccc(C(C)(C)C)cc2)cc1. The highest BCUT2D eigenvalue weighted by molar-refractivity contribution is 7.98. The summed E-state index contributed by atoms with van der Waals surface area (Å²) in [7, 11) is 0. The lowest BCUT2D eigenvalue weighted by Crippen LogP contribution is -2.14. The van der Waals surface area contributed by atoms with Crippen molar-refractivity contribution in [3.8, 4) is 0 Å². The molecule has 2 aromatic carbocycles. The van der Waals surface area contributed by atoms with Crippen molar-refractivity contribution in [2.24, 2.45) is 0 Å². The van der Waals surface area contributed by atoms with Gasteiger partial charge in [-0.25, -0.2) is 0 Å². The van der Waals surface area contributed by atoms with E-state index in [0.29, 0.717) is 5.56 Å². The summed E-state index contributed by atoms with van der Waals surface area (Å²) in [6, 6.07) is 15.7. The van der Waals surface area contributed by atoms with Crippen LogP contribution < -0.4 is 5.32 Å². The van der Waals surface area contributed by atoms with Gasteiger partial charge < -0.3 is 5.32 Å². The molecular formula is C18H21NOS. The second kappa shape index (κ2) is 6.35. The van der Waals surface area contributed by atoms with Crippen LogP contribution in [-0.4, -0.2) is 12.2 Å². The van der Waals surface area contributed by atoms with Crippen molar-refractivity contribution in [3.63, 3.8) is 0 Å². The number of amides is 1. The topological polar surface area (TPSA) is 29.1 Å². The molecule has 0 saturated carbocycles. The van der Waals surface area contributed by atoms with Crippen LogP contribution in [0.2, 0.25) is 0 Å². The van der Waals surface area contributed by atoms with Gasteiger partial charge in [-0.15, -0.1) is 11.8 Å². The van der Waals surface area contributed by atoms with Crippen molar-refractivity contribution in [2.45, 2.75) is 31.1 Å². The van der Waals surface area contributed by atoms with E-state index in [1.807, 2.05) is 54.8 Å². The highest BCUT2D eigenvalue weighted by Crippen LogP contribution is 2.23. The lowest BCUT2D eigenvalue weighted by atomic mass is 9.87. The Bertz CT molecular complexity index is 609. The Hall–Kier alpha value is -1.74. The van der Waals surface area contributed by atoms with Crippen LogP contribution in [0.15, 0.2) is 53.4 Å². The van der Waals surface area contributed by atoms with Gasteiger partial charge in [-0.3, -0.25) is 4.79 Å². The third-order valence-electron chi connectivity index (χ3n) is 3.36. The van der Waals surface area contributed by atoms with Crippen molar-refractivity contribution >= 4 is 23.4 Å². The van der Waals surface area contributed by atoms with E-state index in [9.17, 15) is 4.79 Å². The number of carbonyl (C=O) groups is 1. The van der Waals surface area contributed by atoms with Gasteiger partial charge in [-0.2, -0.15) is 0 Å². The smallest absolute Gasteiger partial charge is 0.255 e. The minimum Gasteiger partial charge on any atom is -0.322 e. The first-order valence-electron chi connectivity index (χ1n) is 6.96. The molecule has 0 atom stereocenters. The first-order chi connectivity index (χ1) is 9.90. The van der Waals surface area contributed by atoms with Crippen LogP contribution in [0, 0.1) is 0 Å². The summed E-state index contributed by atoms with van der Waals surface area (Å²) in [5.74, 6) is -0.0765. The van der Waals surface area contributed by atoms with E-state index in [-0.39, 0.29) is 11.3 Å². The van der Waals surface area contributed by atoms with Gasteiger partial charge in [-0.1, -0.05) is 32.9 Å². The monoisotopic (exact) mass is 299 g/mol. The molecule has 2 nitrogen and oxygen atoms in total. The lowest BCUT2D eigenvalue weighted by Gasteiger charge is -2.19. The summed E-state index contributed by atoms with van der Waals surface area (Å²) >= 11 is 1.68. The van der Waals surface area contributed by atoms with E-state index >= 15 is 0 Å². The Labute approximate surface area is 131 Å². The van der Waals surface area contributed by atoms with Crippen LogP contribution in [0.5, 0.6) is 0 Å². The number of hydrogen-bond acceptors (Lipinski definition) is 2. The molecule has 2 rings (SSSR count). The molecule has 0 fully saturated rings. The van der Waals surface area contributed by atoms with Gasteiger partial charge in [0, 0.05) is 16.1 Å². The van der Waals surface area contributed by atoms with Gasteiger partial charge in [0.1, 0.15) is 0 Å². The van der Waals surface area contributed by atoms with E-state index in [2.05, 4.69) is 26.1 Å². The third kappa shape index (κ3) is 4.11. The zero-order valence-corrected chi connectivity index (χ0v) is 13.8. The number of anilines is 1. The molecule has 0 saturated heterocycles. The van der Waals surface area contributed by atoms with Crippen molar-refractivity contribution in [2.75, 3.05) is 11.6 Å². The van der Waals surface area contributed by atoms with E-state index in [0.717, 1.165) is 5.69 Å². The van der Waals surface area contributed by atoms with E-state index < -0.39 is 0 Å². The Morgan fingerprint density at radius 1 is 0.952 bits per heavy atom. The maximum atomic E-state index is 12.2. The van der Waals surface area contributed by atoms with Gasteiger partial charge in [0.15, 0.2) is 0 Å². The molecule has 2 aromatic rings. The summed E-state index contributed by atoms with van der Waals surface area (Å²) < 4.78 is 0. The minimum absolute atomic E-state index is 0.0765. The summed E-state index contributed by atoms with van der Waals surface area (Å²) in [6.07, 6.45) is 2.03. The Morgan fingerprint density at radius 2 is 1.52 bits per heavy atom. The number of carbonyl (C=O) groups excluding carboxylic acids is 1. The Balaban J connectivity index is 2.09. The maximum absolute atomic E-state index is 12.2. The predicted molar refractivity (Wildman–Crippen MR) is 91.3 cm³/mol. The van der Waals surface area contributed by atoms with E-state index in [1.54, 1.807) is 11.8 Å². The number of benzene rings is 2. The van der Waals surface area contributed by atoms with Crippen LogP contribution in [-0.2, 0) is 5.41 Å². The molecular weight excluding hydrogens is 278 g/mol. The molecule has 0 aromatic heterocycles. The van der Waals surface area contributed by atoms with Crippen molar-refractivity contribution in [1.29, 1.82) is 0 Å². The van der Waals surface area contributed by atoms with Crippen molar-refractivity contribution in [1.82, 2.24) is 0 Å². The predicted octanol–water partition coefficient (Wildman–Crippen LogP) is 4.96. The van der Waals surface area contributed by atoms with Crippen LogP contribution in [0.3, 0.4) is 0 Å². The second-order valence-electron chi connectivity index (χ2n) is 6.01. The molecule has 0 aliphatic carbocycles. The van der Waals surface area contributed by atoms with Gasteiger partial charge in [0.05, 0.1) is 0 Å². The Morgan fingerprint density at radius 3 is 2.00 bits per heavy atom. The van der Waals surface area contributed by atoms with Crippen molar-refractivity contribution in [3.05, 3.63) is 59.7 Å². The third-order valence-corrected chi connectivity index (χ3v) is 4.10. The highest BCUT2D eigenvalue weighted by atomic mass is 32.2. The molecule has 0 radical (unpaired) electrons. The molecule has 0 heterocycles. The Kier molecular flexibility index (Phi) is 4.73. The molecule has 110 valence electrons. The molecule has 1 amide bonds. The quantitative estimate of drug-likeness (QED) is 0.812. The van der Waals surface area contributed by atoms with Gasteiger partial charge in [-0.05, 0) is 53.6 Å². The average molecular weight is 299 g/mol. The fraction of sp³-hybridized carbons (Fsp3) is 0.278. The molecule has 1 N–H and O–H groups in total. The van der Waals surface area contributed by atoms with Gasteiger partial charge in [0.2, 0.25) is 0 Å². The van der Waals surface area contributed by atoms with Crippen LogP contribution in [0.25, 0.3) is 0 Å². The normalized spacial score (nSPS) is 11.2. The molecule has 0 unspecified atom stereocenters. The number of hydrogen-bond donors (Lipinski definition) is 1. The zero-order valence-electron chi connectivity index (χ0n) is 12.9. The van der Waals surface area contributed by atoms with Crippen LogP contribution in [0.1, 0.15) is 36.7 Å². The molecule has 0 aliphatic rings. The zero-order chi connectivity index (χ0) is 15.5. The first kappa shape index (κ1) is 15.6. The molecule has 3 heteroatoms. The first-order valence-corrected chi connectivity index (χ1v) is 8.18. The largest absolute Gasteiger partial charge is 0.322 e. The van der Waals surface area contributed by atoms with E-state index in [4.69, 9.17) is 0 Å². The number of thioether (sulfide) groups is 1. The summed E-state index contributed by atoms with van der Waals surface area (Å²) in [4.78, 5) is 13.4. The van der Waals surface area contributed by atoms with Crippen molar-refractivity contribution < 1.29 is 4.79 Å². The molecule has 21 heavy (non-hydrogen) atoms. The summed E-state index contributed by atoms with van der Waals surface area (Å²) in [5.41, 5.74) is 2.82. The molecule has 0 aliphatic heterocycles. The summed E-state index contributed by atoms with van der Waals surface area (Å²) in [5, 5.41) is 2.92. The average Bonchev–Trinajstić information content (AvgIpc) is 2.47. The van der Waals surface area contributed by atoms with Crippen LogP contribution in [0.4, 0.5) is 5.69 Å². The second-order valence-corrected chi connectivity index (χ2v) is 6.89. The lowest BCUT2D eigenvalue weighted by molar-refractivity contribution is 0.102. The summed E-state index contributed by atoms with van der Waals surface area (Å²) in [6.45, 7) is 6.49. The highest BCUT2D eigenvalue weighted by Gasteiger charge is 2.14. The molecule has 0 bridgehead atoms. The fourth-order valence-corrected chi connectivity index (χ4v) is 2.41. The van der Waals surface area contributed by atoms with Gasteiger partial charge >= 0.3 is 0 Å². The standard InChI is InChI=1S/C18H21NOS/c1-18(2,3)14-7-5-13(6-8-14)17(20)19-15-9-11-16(21-4)12-10-15/h5-12H,1-4H3,(H,19,20). The van der Waals surface area contributed by atoms with E-state index in [1.165, 1.54) is 10.5 Å². The fourth-order valence-electron chi connectivity index (χ4n) is 2.00. The number of nitrogens with one attached hydrogen (secondary N) is 1.